The van der Waals surface area contributed by atoms with E-state index in [4.69, 9.17) is 5.73 Å². The fraction of sp³-hybridized carbons (Fsp3) is 0.500. The maximum Gasteiger partial charge on any atom is 0.243 e. The molecule has 0 saturated carbocycles. The molecule has 1 atom stereocenters. The molecule has 0 saturated heterocycles. The second-order valence-electron chi connectivity index (χ2n) is 4.58. The highest BCUT2D eigenvalue weighted by molar-refractivity contribution is 7.89. The Morgan fingerprint density at radius 2 is 1.82 bits per heavy atom. The van der Waals surface area contributed by atoms with Gasteiger partial charge in [-0.1, -0.05) is 19.9 Å². The van der Waals surface area contributed by atoms with Crippen LogP contribution in [0.3, 0.4) is 0 Å². The topological polar surface area (TPSA) is 63.4 Å². The molecule has 2 N–H and O–H groups in total. The van der Waals surface area contributed by atoms with Gasteiger partial charge in [-0.25, -0.2) is 8.42 Å². The fourth-order valence-electron chi connectivity index (χ4n) is 1.48. The molecule has 0 aliphatic heterocycles. The highest BCUT2D eigenvalue weighted by Crippen LogP contribution is 2.21. The van der Waals surface area contributed by atoms with Crippen LogP contribution >= 0.6 is 0 Å². The molecule has 17 heavy (non-hydrogen) atoms. The van der Waals surface area contributed by atoms with E-state index in [1.165, 1.54) is 10.4 Å². The summed E-state index contributed by atoms with van der Waals surface area (Å²) in [6, 6.07) is 6.32. The van der Waals surface area contributed by atoms with Gasteiger partial charge in [-0.15, -0.1) is 0 Å². The van der Waals surface area contributed by atoms with Crippen molar-refractivity contribution in [3.63, 3.8) is 0 Å². The van der Waals surface area contributed by atoms with Gasteiger partial charge in [-0.3, -0.25) is 0 Å². The van der Waals surface area contributed by atoms with E-state index < -0.39 is 10.0 Å². The van der Waals surface area contributed by atoms with Gasteiger partial charge in [0.25, 0.3) is 0 Å². The maximum absolute atomic E-state index is 12.3. The first-order chi connectivity index (χ1) is 7.76. The van der Waals surface area contributed by atoms with Gasteiger partial charge in [0.15, 0.2) is 0 Å². The van der Waals surface area contributed by atoms with Crippen LogP contribution in [0.1, 0.15) is 20.8 Å². The van der Waals surface area contributed by atoms with E-state index in [0.29, 0.717) is 5.69 Å². The molecule has 1 aromatic carbocycles. The molecule has 0 radical (unpaired) electrons. The molecule has 0 spiro atoms. The van der Waals surface area contributed by atoms with E-state index in [2.05, 4.69) is 0 Å². The summed E-state index contributed by atoms with van der Waals surface area (Å²) in [5.74, 6) is 0.260. The molecular weight excluding hydrogens is 236 g/mol. The molecule has 0 amide bonds. The highest BCUT2D eigenvalue weighted by atomic mass is 32.2. The zero-order chi connectivity index (χ0) is 13.2. The summed E-state index contributed by atoms with van der Waals surface area (Å²) >= 11 is 0. The predicted octanol–water partition coefficient (Wildman–Crippen LogP) is 1.93. The van der Waals surface area contributed by atoms with Crippen LogP contribution in [0.15, 0.2) is 29.2 Å². The van der Waals surface area contributed by atoms with Gasteiger partial charge in [0.1, 0.15) is 0 Å². The van der Waals surface area contributed by atoms with Crippen molar-refractivity contribution in [3.05, 3.63) is 24.3 Å². The number of sulfonamides is 1. The van der Waals surface area contributed by atoms with Crippen molar-refractivity contribution in [1.29, 1.82) is 0 Å². The molecule has 1 rings (SSSR count). The van der Waals surface area contributed by atoms with Crippen LogP contribution in [-0.4, -0.2) is 25.8 Å². The zero-order valence-electron chi connectivity index (χ0n) is 10.7. The Kier molecular flexibility index (Phi) is 4.16. The monoisotopic (exact) mass is 256 g/mol. The molecule has 0 fully saturated rings. The fourth-order valence-corrected chi connectivity index (χ4v) is 3.03. The highest BCUT2D eigenvalue weighted by Gasteiger charge is 2.26. The third-order valence-corrected chi connectivity index (χ3v) is 5.01. The second-order valence-corrected chi connectivity index (χ2v) is 6.58. The van der Waals surface area contributed by atoms with E-state index >= 15 is 0 Å². The van der Waals surface area contributed by atoms with Crippen molar-refractivity contribution < 1.29 is 8.42 Å². The van der Waals surface area contributed by atoms with Gasteiger partial charge in [0.2, 0.25) is 10.0 Å². The average molecular weight is 256 g/mol. The summed E-state index contributed by atoms with van der Waals surface area (Å²) in [7, 11) is -1.85. The molecule has 0 aliphatic carbocycles. The molecular formula is C12H20N2O2S. The Morgan fingerprint density at radius 1 is 1.24 bits per heavy atom. The van der Waals surface area contributed by atoms with E-state index in [1.807, 2.05) is 20.8 Å². The summed E-state index contributed by atoms with van der Waals surface area (Å²) in [6.07, 6.45) is 0. The van der Waals surface area contributed by atoms with Crippen LogP contribution in [0.25, 0.3) is 0 Å². The van der Waals surface area contributed by atoms with Crippen LogP contribution < -0.4 is 5.73 Å². The molecule has 0 heterocycles. The summed E-state index contributed by atoms with van der Waals surface area (Å²) in [5.41, 5.74) is 6.06. The largest absolute Gasteiger partial charge is 0.399 e. The molecule has 0 bridgehead atoms. The predicted molar refractivity (Wildman–Crippen MR) is 70.1 cm³/mol. The van der Waals surface area contributed by atoms with Crippen molar-refractivity contribution in [2.24, 2.45) is 5.92 Å². The summed E-state index contributed by atoms with van der Waals surface area (Å²) in [6.45, 7) is 5.89. The first-order valence-electron chi connectivity index (χ1n) is 5.60. The lowest BCUT2D eigenvalue weighted by Gasteiger charge is -2.27. The summed E-state index contributed by atoms with van der Waals surface area (Å²) in [4.78, 5) is 0.243. The third kappa shape index (κ3) is 2.98. The molecule has 96 valence electrons. The lowest BCUT2D eigenvalue weighted by molar-refractivity contribution is 0.316. The summed E-state index contributed by atoms with van der Waals surface area (Å²) < 4.78 is 26.0. The maximum atomic E-state index is 12.3. The van der Waals surface area contributed by atoms with Crippen molar-refractivity contribution in [2.75, 3.05) is 12.8 Å². The number of nitrogen functional groups attached to an aromatic ring is 1. The number of hydrogen-bond donors (Lipinski definition) is 1. The van der Waals surface area contributed by atoms with E-state index in [9.17, 15) is 8.42 Å². The normalized spacial score (nSPS) is 14.2. The Morgan fingerprint density at radius 3 is 2.29 bits per heavy atom. The summed E-state index contributed by atoms with van der Waals surface area (Å²) in [5, 5.41) is 0. The minimum Gasteiger partial charge on any atom is -0.399 e. The van der Waals surface area contributed by atoms with Crippen molar-refractivity contribution in [1.82, 2.24) is 4.31 Å². The Bertz CT molecular complexity index is 483. The van der Waals surface area contributed by atoms with Crippen molar-refractivity contribution in [3.8, 4) is 0 Å². The number of rotatable bonds is 4. The van der Waals surface area contributed by atoms with Gasteiger partial charge < -0.3 is 5.73 Å². The smallest absolute Gasteiger partial charge is 0.243 e. The van der Waals surface area contributed by atoms with Crippen molar-refractivity contribution >= 4 is 15.7 Å². The van der Waals surface area contributed by atoms with Gasteiger partial charge in [-0.05, 0) is 31.0 Å². The molecule has 0 aliphatic rings. The van der Waals surface area contributed by atoms with Crippen LogP contribution in [0.5, 0.6) is 0 Å². The molecule has 5 heteroatoms. The van der Waals surface area contributed by atoms with Crippen molar-refractivity contribution in [2.45, 2.75) is 31.7 Å². The zero-order valence-corrected chi connectivity index (χ0v) is 11.5. The molecule has 1 aromatic rings. The van der Waals surface area contributed by atoms with E-state index in [-0.39, 0.29) is 16.9 Å². The Balaban J connectivity index is 3.12. The minimum absolute atomic E-state index is 0.0542. The van der Waals surface area contributed by atoms with Crippen LogP contribution in [0, 0.1) is 5.92 Å². The quantitative estimate of drug-likeness (QED) is 0.837. The number of benzene rings is 1. The Labute approximate surface area is 103 Å². The van der Waals surface area contributed by atoms with Gasteiger partial charge in [0, 0.05) is 18.8 Å². The standard InChI is InChI=1S/C12H20N2O2S/c1-9(2)10(3)14(4)17(15,16)12-7-5-6-11(13)8-12/h5-10H,13H2,1-4H3. The lowest BCUT2D eigenvalue weighted by Crippen LogP contribution is -2.38. The number of nitrogens with two attached hydrogens (primary N) is 1. The van der Waals surface area contributed by atoms with Crippen LogP contribution in [0.4, 0.5) is 5.69 Å². The molecule has 4 nitrogen and oxygen atoms in total. The Hall–Kier alpha value is -1.07. The first-order valence-corrected chi connectivity index (χ1v) is 7.04. The second kappa shape index (κ2) is 5.06. The average Bonchev–Trinajstić information content (AvgIpc) is 2.26. The van der Waals surface area contributed by atoms with Gasteiger partial charge in [0.05, 0.1) is 4.90 Å². The van der Waals surface area contributed by atoms with Gasteiger partial charge >= 0.3 is 0 Å². The SMILES string of the molecule is CC(C)C(C)N(C)S(=O)(=O)c1cccc(N)c1. The first kappa shape index (κ1) is 14.0. The van der Waals surface area contributed by atoms with Crippen LogP contribution in [0.2, 0.25) is 0 Å². The number of nitrogens with zero attached hydrogens (tertiary/aromatic N) is 1. The van der Waals surface area contributed by atoms with Gasteiger partial charge in [-0.2, -0.15) is 4.31 Å². The van der Waals surface area contributed by atoms with E-state index in [0.717, 1.165) is 0 Å². The number of hydrogen-bond acceptors (Lipinski definition) is 3. The minimum atomic E-state index is -3.45. The number of anilines is 1. The molecule has 1 unspecified atom stereocenters. The van der Waals surface area contributed by atoms with E-state index in [1.54, 1.807) is 25.2 Å². The molecule has 0 aromatic heterocycles. The lowest BCUT2D eigenvalue weighted by atomic mass is 10.1. The van der Waals surface area contributed by atoms with Crippen LogP contribution in [-0.2, 0) is 10.0 Å². The third-order valence-electron chi connectivity index (χ3n) is 3.07.